The molecular weight excluding hydrogens is 254 g/mol. The summed E-state index contributed by atoms with van der Waals surface area (Å²) in [5.41, 5.74) is 2.03. The molecule has 0 aliphatic rings. The van der Waals surface area contributed by atoms with Crippen molar-refractivity contribution in [3.05, 3.63) is 70.7 Å². The van der Waals surface area contributed by atoms with Gasteiger partial charge in [0, 0.05) is 6.42 Å². The monoisotopic (exact) mass is 267 g/mol. The number of nitrogens with zero attached hydrogens (tertiary/aromatic N) is 1. The number of carbonyl (C=O) groups excluding carboxylic acids is 1. The van der Waals surface area contributed by atoms with Crippen LogP contribution < -0.4 is 5.76 Å². The zero-order valence-corrected chi connectivity index (χ0v) is 10.8. The molecule has 0 saturated carbocycles. The molecule has 0 spiro atoms. The Hall–Kier alpha value is -2.62. The molecule has 1 heterocycles. The first-order chi connectivity index (χ1) is 9.75. The standard InChI is InChI=1S/C16H13NO3/c18-15(11-10-12-6-2-1-3-7-12)17-13-8-4-5-9-14(13)20-16(17)19/h1-9H,10-11H2. The predicted molar refractivity (Wildman–Crippen MR) is 75.9 cm³/mol. The van der Waals surface area contributed by atoms with E-state index in [-0.39, 0.29) is 12.3 Å². The average molecular weight is 267 g/mol. The van der Waals surface area contributed by atoms with Crippen molar-refractivity contribution < 1.29 is 9.21 Å². The van der Waals surface area contributed by atoms with Crippen LogP contribution in [0.4, 0.5) is 0 Å². The highest BCUT2D eigenvalue weighted by Gasteiger charge is 2.15. The summed E-state index contributed by atoms with van der Waals surface area (Å²) in [4.78, 5) is 24.0. The van der Waals surface area contributed by atoms with E-state index < -0.39 is 5.76 Å². The number of fused-ring (bicyclic) bond motifs is 1. The summed E-state index contributed by atoms with van der Waals surface area (Å²) in [7, 11) is 0. The molecule has 0 N–H and O–H groups in total. The zero-order chi connectivity index (χ0) is 13.9. The highest BCUT2D eigenvalue weighted by Crippen LogP contribution is 2.13. The van der Waals surface area contributed by atoms with Crippen molar-refractivity contribution in [3.8, 4) is 0 Å². The number of aryl methyl sites for hydroxylation is 1. The molecule has 3 rings (SSSR count). The molecular formula is C16H13NO3. The summed E-state index contributed by atoms with van der Waals surface area (Å²) in [5.74, 6) is -0.868. The Morgan fingerprint density at radius 2 is 1.70 bits per heavy atom. The third kappa shape index (κ3) is 2.28. The quantitative estimate of drug-likeness (QED) is 0.733. The molecule has 0 atom stereocenters. The van der Waals surface area contributed by atoms with Crippen LogP contribution in [0.2, 0.25) is 0 Å². The molecule has 100 valence electrons. The fraction of sp³-hybridized carbons (Fsp3) is 0.125. The minimum absolute atomic E-state index is 0.246. The van der Waals surface area contributed by atoms with E-state index in [1.807, 2.05) is 30.3 Å². The molecule has 0 aliphatic carbocycles. The molecule has 0 unspecified atom stereocenters. The summed E-state index contributed by atoms with van der Waals surface area (Å²) in [6, 6.07) is 16.6. The van der Waals surface area contributed by atoms with Crippen LogP contribution in [0, 0.1) is 0 Å². The van der Waals surface area contributed by atoms with Gasteiger partial charge < -0.3 is 4.42 Å². The summed E-state index contributed by atoms with van der Waals surface area (Å²) < 4.78 is 6.17. The third-order valence-corrected chi connectivity index (χ3v) is 3.21. The number of aromatic nitrogens is 1. The van der Waals surface area contributed by atoms with Crippen molar-refractivity contribution in [2.45, 2.75) is 12.8 Å². The van der Waals surface area contributed by atoms with E-state index >= 15 is 0 Å². The summed E-state index contributed by atoms with van der Waals surface area (Å²) >= 11 is 0. The number of benzene rings is 2. The molecule has 20 heavy (non-hydrogen) atoms. The molecule has 1 aromatic heterocycles. The van der Waals surface area contributed by atoms with Crippen LogP contribution in [0.3, 0.4) is 0 Å². The molecule has 0 amide bonds. The van der Waals surface area contributed by atoms with Crippen LogP contribution in [0.1, 0.15) is 16.8 Å². The highest BCUT2D eigenvalue weighted by molar-refractivity contribution is 5.89. The van der Waals surface area contributed by atoms with Crippen LogP contribution in [0.25, 0.3) is 11.1 Å². The van der Waals surface area contributed by atoms with E-state index in [0.717, 1.165) is 10.1 Å². The third-order valence-electron chi connectivity index (χ3n) is 3.21. The largest absolute Gasteiger partial charge is 0.426 e. The molecule has 0 radical (unpaired) electrons. The van der Waals surface area contributed by atoms with Crippen molar-refractivity contribution in [2.75, 3.05) is 0 Å². The first kappa shape index (κ1) is 12.4. The van der Waals surface area contributed by atoms with E-state index in [1.165, 1.54) is 0 Å². The second-order valence-corrected chi connectivity index (χ2v) is 4.55. The second-order valence-electron chi connectivity index (χ2n) is 4.55. The topological polar surface area (TPSA) is 52.2 Å². The number of hydrogen-bond donors (Lipinski definition) is 0. The second kappa shape index (κ2) is 5.17. The zero-order valence-electron chi connectivity index (χ0n) is 10.8. The van der Waals surface area contributed by atoms with Gasteiger partial charge in [-0.05, 0) is 24.1 Å². The molecule has 0 fully saturated rings. The predicted octanol–water partition coefficient (Wildman–Crippen LogP) is 2.87. The number of hydrogen-bond acceptors (Lipinski definition) is 3. The number of carbonyl (C=O) groups is 1. The normalized spacial score (nSPS) is 10.8. The van der Waals surface area contributed by atoms with Crippen molar-refractivity contribution in [3.63, 3.8) is 0 Å². The minimum Gasteiger partial charge on any atom is -0.407 e. The first-order valence-corrected chi connectivity index (χ1v) is 6.43. The van der Waals surface area contributed by atoms with E-state index in [1.54, 1.807) is 24.3 Å². The lowest BCUT2D eigenvalue weighted by atomic mass is 10.1. The first-order valence-electron chi connectivity index (χ1n) is 6.43. The van der Waals surface area contributed by atoms with Gasteiger partial charge in [0.25, 0.3) is 0 Å². The molecule has 2 aromatic carbocycles. The molecule has 0 bridgehead atoms. The Morgan fingerprint density at radius 3 is 2.50 bits per heavy atom. The van der Waals surface area contributed by atoms with Crippen molar-refractivity contribution >= 4 is 17.0 Å². The lowest BCUT2D eigenvalue weighted by Crippen LogP contribution is -2.22. The highest BCUT2D eigenvalue weighted by atomic mass is 16.4. The van der Waals surface area contributed by atoms with Gasteiger partial charge in [-0.25, -0.2) is 9.36 Å². The van der Waals surface area contributed by atoms with Crippen LogP contribution in [-0.4, -0.2) is 10.5 Å². The SMILES string of the molecule is O=C(CCc1ccccc1)n1c(=O)oc2ccccc21. The molecule has 0 aliphatic heterocycles. The number of para-hydroxylation sites is 2. The van der Waals surface area contributed by atoms with E-state index in [9.17, 15) is 9.59 Å². The van der Waals surface area contributed by atoms with Gasteiger partial charge in [-0.1, -0.05) is 42.5 Å². The van der Waals surface area contributed by atoms with Crippen molar-refractivity contribution in [2.24, 2.45) is 0 Å². The van der Waals surface area contributed by atoms with Gasteiger partial charge in [0.05, 0.1) is 5.52 Å². The van der Waals surface area contributed by atoms with Crippen molar-refractivity contribution in [1.82, 2.24) is 4.57 Å². The fourth-order valence-electron chi connectivity index (χ4n) is 2.21. The van der Waals surface area contributed by atoms with E-state index in [0.29, 0.717) is 17.5 Å². The lowest BCUT2D eigenvalue weighted by molar-refractivity contribution is 0.0899. The van der Waals surface area contributed by atoms with Crippen LogP contribution in [-0.2, 0) is 6.42 Å². The van der Waals surface area contributed by atoms with Gasteiger partial charge in [0.15, 0.2) is 5.58 Å². The molecule has 4 nitrogen and oxygen atoms in total. The summed E-state index contributed by atoms with van der Waals surface area (Å²) in [6.07, 6.45) is 0.874. The number of rotatable bonds is 3. The fourth-order valence-corrected chi connectivity index (χ4v) is 2.21. The minimum atomic E-state index is -0.621. The average Bonchev–Trinajstić information content (AvgIpc) is 2.82. The Labute approximate surface area is 115 Å². The maximum absolute atomic E-state index is 12.2. The smallest absolute Gasteiger partial charge is 0.407 e. The van der Waals surface area contributed by atoms with Gasteiger partial charge in [0.1, 0.15) is 0 Å². The summed E-state index contributed by atoms with van der Waals surface area (Å²) in [5, 5.41) is 0. The van der Waals surface area contributed by atoms with Crippen molar-refractivity contribution in [1.29, 1.82) is 0 Å². The van der Waals surface area contributed by atoms with Gasteiger partial charge in [0.2, 0.25) is 5.91 Å². The summed E-state index contributed by atoms with van der Waals surface area (Å²) in [6.45, 7) is 0. The Morgan fingerprint density at radius 1 is 1.00 bits per heavy atom. The van der Waals surface area contributed by atoms with Crippen LogP contribution in [0.5, 0.6) is 0 Å². The Kier molecular flexibility index (Phi) is 3.21. The van der Waals surface area contributed by atoms with Gasteiger partial charge in [-0.3, -0.25) is 4.79 Å². The molecule has 4 heteroatoms. The van der Waals surface area contributed by atoms with Gasteiger partial charge >= 0.3 is 5.76 Å². The maximum atomic E-state index is 12.2. The Balaban J connectivity index is 1.86. The molecule has 3 aromatic rings. The van der Waals surface area contributed by atoms with E-state index in [2.05, 4.69) is 0 Å². The van der Waals surface area contributed by atoms with Crippen LogP contribution in [0.15, 0.2) is 63.8 Å². The van der Waals surface area contributed by atoms with E-state index in [4.69, 9.17) is 4.42 Å². The Bertz CT molecular complexity index is 799. The number of oxazole rings is 1. The lowest BCUT2D eigenvalue weighted by Gasteiger charge is -2.01. The van der Waals surface area contributed by atoms with Crippen LogP contribution >= 0.6 is 0 Å². The van der Waals surface area contributed by atoms with Gasteiger partial charge in [-0.15, -0.1) is 0 Å². The maximum Gasteiger partial charge on any atom is 0.426 e. The van der Waals surface area contributed by atoms with Gasteiger partial charge in [-0.2, -0.15) is 0 Å². The molecule has 0 saturated heterocycles.